The van der Waals surface area contributed by atoms with E-state index in [1.165, 1.54) is 0 Å². The minimum absolute atomic E-state index is 0.0488. The lowest BCUT2D eigenvalue weighted by molar-refractivity contribution is 0.0241. The quantitative estimate of drug-likeness (QED) is 0.742. The summed E-state index contributed by atoms with van der Waals surface area (Å²) < 4.78 is 11.5. The van der Waals surface area contributed by atoms with Gasteiger partial charge in [0, 0.05) is 12.1 Å². The summed E-state index contributed by atoms with van der Waals surface area (Å²) in [5.74, 6) is -1.40. The molecule has 1 saturated heterocycles. The van der Waals surface area contributed by atoms with E-state index in [1.807, 2.05) is 30.3 Å². The molecule has 0 amide bonds. The van der Waals surface area contributed by atoms with E-state index in [0.717, 1.165) is 24.8 Å². The Morgan fingerprint density at radius 3 is 2.52 bits per heavy atom. The van der Waals surface area contributed by atoms with Crippen LogP contribution in [0.15, 0.2) is 30.3 Å². The molecule has 5 nitrogen and oxygen atoms in total. The number of fused-ring (bicyclic) bond motifs is 2. The van der Waals surface area contributed by atoms with Crippen molar-refractivity contribution in [2.45, 2.75) is 50.2 Å². The zero-order chi connectivity index (χ0) is 15.2. The van der Waals surface area contributed by atoms with E-state index < -0.39 is 19.5 Å². The Morgan fingerprint density at radius 1 is 1.24 bits per heavy atom. The summed E-state index contributed by atoms with van der Waals surface area (Å²) in [7, 11) is -4.49. The summed E-state index contributed by atoms with van der Waals surface area (Å²) in [6, 6.07) is 9.86. The molecule has 2 aliphatic rings. The lowest BCUT2D eigenvalue weighted by atomic mass is 9.96. The highest BCUT2D eigenvalue weighted by Crippen LogP contribution is 2.54. The average Bonchev–Trinajstić information content (AvgIpc) is 3.06. The van der Waals surface area contributed by atoms with Gasteiger partial charge in [-0.2, -0.15) is 0 Å². The van der Waals surface area contributed by atoms with Crippen molar-refractivity contribution < 1.29 is 19.5 Å². The Balaban J connectivity index is 1.90. The highest BCUT2D eigenvalue weighted by molar-refractivity contribution is 7.52. The minimum atomic E-state index is -4.49. The van der Waals surface area contributed by atoms with Crippen LogP contribution in [-0.2, 0) is 4.57 Å². The third-order valence-corrected chi connectivity index (χ3v) is 6.07. The topological polar surface area (TPSA) is 81.0 Å². The fourth-order valence-corrected chi connectivity index (χ4v) is 4.93. The molecule has 3 N–H and O–H groups in total. The van der Waals surface area contributed by atoms with Crippen LogP contribution in [0.5, 0.6) is 0 Å². The Bertz CT molecular complexity index is 546. The molecule has 3 unspecified atom stereocenters. The van der Waals surface area contributed by atoms with Crippen LogP contribution >= 0.6 is 7.60 Å². The van der Waals surface area contributed by atoms with Gasteiger partial charge in [0.15, 0.2) is 5.85 Å². The predicted octanol–water partition coefficient (Wildman–Crippen LogP) is 2.10. The van der Waals surface area contributed by atoms with E-state index in [0.29, 0.717) is 6.04 Å². The molecule has 1 aliphatic heterocycles. The molecule has 3 rings (SSSR count). The highest BCUT2D eigenvalue weighted by atomic mass is 31.2. The molecule has 1 aliphatic carbocycles. The van der Waals surface area contributed by atoms with Gasteiger partial charge in [0.2, 0.25) is 0 Å². The van der Waals surface area contributed by atoms with Gasteiger partial charge in [0.25, 0.3) is 0 Å². The standard InChI is InChI=1S/C15H22NO4P/c1-10(11-5-3-2-4-6-11)16-13-8-7-12(9-13)14(16)15(17)21(18,19)20/h2-6,10,12-15,17H,7-9H2,1H3,(H2,18,19,20)/t10-,12?,13?,14?,15+/m0/s1. The number of piperidine rings is 1. The summed E-state index contributed by atoms with van der Waals surface area (Å²) in [6.07, 6.45) is 2.93. The van der Waals surface area contributed by atoms with Gasteiger partial charge in [-0.3, -0.25) is 9.46 Å². The maximum Gasteiger partial charge on any atom is 0.355 e. The van der Waals surface area contributed by atoms with Crippen molar-refractivity contribution in [1.82, 2.24) is 4.90 Å². The Morgan fingerprint density at radius 2 is 1.90 bits per heavy atom. The number of aliphatic hydroxyl groups excluding tert-OH is 1. The third-order valence-electron chi connectivity index (χ3n) is 5.07. The first-order valence-electron chi connectivity index (χ1n) is 7.45. The van der Waals surface area contributed by atoms with Crippen molar-refractivity contribution in [1.29, 1.82) is 0 Å². The first-order valence-corrected chi connectivity index (χ1v) is 9.13. The van der Waals surface area contributed by atoms with Crippen LogP contribution in [0, 0.1) is 5.92 Å². The van der Waals surface area contributed by atoms with Crippen LogP contribution in [0.1, 0.15) is 37.8 Å². The number of hydrogen-bond acceptors (Lipinski definition) is 3. The lowest BCUT2D eigenvalue weighted by Crippen LogP contribution is -2.48. The fourth-order valence-electron chi connectivity index (χ4n) is 4.13. The molecule has 2 bridgehead atoms. The van der Waals surface area contributed by atoms with Crippen LogP contribution in [-0.4, -0.2) is 37.7 Å². The molecule has 2 fully saturated rings. The van der Waals surface area contributed by atoms with Gasteiger partial charge in [-0.05, 0) is 37.7 Å². The lowest BCUT2D eigenvalue weighted by Gasteiger charge is -2.41. The molecule has 1 saturated carbocycles. The number of nitrogens with zero attached hydrogens (tertiary/aromatic N) is 1. The number of rotatable bonds is 4. The molecular formula is C15H22NO4P. The second-order valence-electron chi connectivity index (χ2n) is 6.25. The second kappa shape index (κ2) is 5.49. The summed E-state index contributed by atoms with van der Waals surface area (Å²) in [6.45, 7) is 2.05. The van der Waals surface area contributed by atoms with Crippen LogP contribution < -0.4 is 0 Å². The molecule has 0 spiro atoms. The fraction of sp³-hybridized carbons (Fsp3) is 0.600. The van der Waals surface area contributed by atoms with E-state index in [1.54, 1.807) is 0 Å². The van der Waals surface area contributed by atoms with Gasteiger partial charge in [-0.1, -0.05) is 30.3 Å². The Labute approximate surface area is 124 Å². The van der Waals surface area contributed by atoms with Gasteiger partial charge >= 0.3 is 7.60 Å². The van der Waals surface area contributed by atoms with Crippen molar-refractivity contribution in [2.75, 3.05) is 0 Å². The van der Waals surface area contributed by atoms with Crippen molar-refractivity contribution in [2.24, 2.45) is 5.92 Å². The number of benzene rings is 1. The molecule has 116 valence electrons. The molecule has 1 aromatic carbocycles. The summed E-state index contributed by atoms with van der Waals surface area (Å²) in [4.78, 5) is 20.9. The van der Waals surface area contributed by atoms with Crippen LogP contribution in [0.3, 0.4) is 0 Å². The third kappa shape index (κ3) is 2.69. The van der Waals surface area contributed by atoms with E-state index >= 15 is 0 Å². The zero-order valence-corrected chi connectivity index (χ0v) is 12.9. The minimum Gasteiger partial charge on any atom is -0.379 e. The highest BCUT2D eigenvalue weighted by Gasteiger charge is 2.54. The van der Waals surface area contributed by atoms with Crippen LogP contribution in [0.2, 0.25) is 0 Å². The predicted molar refractivity (Wildman–Crippen MR) is 79.7 cm³/mol. The van der Waals surface area contributed by atoms with Gasteiger partial charge in [-0.15, -0.1) is 0 Å². The molecule has 1 aromatic rings. The van der Waals surface area contributed by atoms with Crippen LogP contribution in [0.25, 0.3) is 0 Å². The second-order valence-corrected chi connectivity index (χ2v) is 7.96. The van der Waals surface area contributed by atoms with Gasteiger partial charge < -0.3 is 14.9 Å². The summed E-state index contributed by atoms with van der Waals surface area (Å²) >= 11 is 0. The number of aliphatic hydroxyl groups is 1. The van der Waals surface area contributed by atoms with Crippen LogP contribution in [0.4, 0.5) is 0 Å². The molecule has 0 aromatic heterocycles. The summed E-state index contributed by atoms with van der Waals surface area (Å²) in [5.41, 5.74) is 1.12. The van der Waals surface area contributed by atoms with Gasteiger partial charge in [0.05, 0.1) is 6.04 Å². The zero-order valence-electron chi connectivity index (χ0n) is 12.0. The molecule has 5 atom stereocenters. The summed E-state index contributed by atoms with van der Waals surface area (Å²) in [5, 5.41) is 10.2. The Hall–Kier alpha value is -0.710. The van der Waals surface area contributed by atoms with Crippen molar-refractivity contribution >= 4 is 7.60 Å². The van der Waals surface area contributed by atoms with E-state index in [-0.39, 0.29) is 12.0 Å². The average molecular weight is 311 g/mol. The normalized spacial score (nSPS) is 32.3. The maximum atomic E-state index is 11.5. The van der Waals surface area contributed by atoms with Gasteiger partial charge in [-0.25, -0.2) is 0 Å². The van der Waals surface area contributed by atoms with E-state index in [9.17, 15) is 19.5 Å². The largest absolute Gasteiger partial charge is 0.379 e. The molecule has 1 heterocycles. The molecular weight excluding hydrogens is 289 g/mol. The molecule has 6 heteroatoms. The Kier molecular flexibility index (Phi) is 3.97. The van der Waals surface area contributed by atoms with Crippen molar-refractivity contribution in [3.63, 3.8) is 0 Å². The molecule has 0 radical (unpaired) electrons. The first-order chi connectivity index (χ1) is 9.89. The monoisotopic (exact) mass is 311 g/mol. The first kappa shape index (κ1) is 15.2. The smallest absolute Gasteiger partial charge is 0.355 e. The van der Waals surface area contributed by atoms with E-state index in [2.05, 4.69) is 11.8 Å². The van der Waals surface area contributed by atoms with Crippen molar-refractivity contribution in [3.8, 4) is 0 Å². The maximum absolute atomic E-state index is 11.5. The number of hydrogen-bond donors (Lipinski definition) is 3. The molecule has 21 heavy (non-hydrogen) atoms. The van der Waals surface area contributed by atoms with E-state index in [4.69, 9.17) is 0 Å². The van der Waals surface area contributed by atoms with Crippen molar-refractivity contribution in [3.05, 3.63) is 35.9 Å². The SMILES string of the molecule is C[C@@H](c1ccccc1)N1C2CCC(C2)C1[C@H](O)P(=O)(O)O. The van der Waals surface area contributed by atoms with Gasteiger partial charge in [0.1, 0.15) is 0 Å². The number of likely N-dealkylation sites (tertiary alicyclic amines) is 1.